The van der Waals surface area contributed by atoms with E-state index in [2.05, 4.69) is 26.4 Å². The van der Waals surface area contributed by atoms with Crippen LogP contribution in [0.5, 0.6) is 0 Å². The molecule has 0 radical (unpaired) electrons. The van der Waals surface area contributed by atoms with Crippen molar-refractivity contribution in [2.24, 2.45) is 0 Å². The summed E-state index contributed by atoms with van der Waals surface area (Å²) in [6.45, 7) is 4.43. The van der Waals surface area contributed by atoms with Crippen LogP contribution in [-0.4, -0.2) is 37.5 Å². The Kier molecular flexibility index (Phi) is 3.79. The average Bonchev–Trinajstić information content (AvgIpc) is 3.01. The summed E-state index contributed by atoms with van der Waals surface area (Å²) >= 11 is 0. The Labute approximate surface area is 136 Å². The molecule has 3 aromatic heterocycles. The fraction of sp³-hybridized carbons (Fsp3) is 0.389. The average molecular weight is 307 g/mol. The van der Waals surface area contributed by atoms with E-state index in [4.69, 9.17) is 4.98 Å². The second-order valence-electron chi connectivity index (χ2n) is 6.00. The number of likely N-dealkylation sites (tertiary alicyclic amines) is 1. The zero-order chi connectivity index (χ0) is 15.6. The molecule has 1 atom stereocenters. The van der Waals surface area contributed by atoms with Gasteiger partial charge in [0, 0.05) is 18.6 Å². The van der Waals surface area contributed by atoms with Crippen LogP contribution in [0, 0.1) is 0 Å². The number of rotatable bonds is 3. The Hall–Kier alpha value is -2.27. The molecule has 118 valence electrons. The van der Waals surface area contributed by atoms with Crippen LogP contribution >= 0.6 is 0 Å². The van der Waals surface area contributed by atoms with Crippen molar-refractivity contribution in [2.75, 3.05) is 13.1 Å². The zero-order valence-corrected chi connectivity index (χ0v) is 13.4. The molecule has 0 amide bonds. The first-order chi connectivity index (χ1) is 11.4. The molecule has 1 aliphatic rings. The van der Waals surface area contributed by atoms with Gasteiger partial charge in [-0.3, -0.25) is 14.5 Å². The summed E-state index contributed by atoms with van der Waals surface area (Å²) in [5, 5.41) is 0. The van der Waals surface area contributed by atoms with E-state index in [1.165, 1.54) is 12.8 Å². The fourth-order valence-corrected chi connectivity index (χ4v) is 3.56. The van der Waals surface area contributed by atoms with Gasteiger partial charge in [-0.1, -0.05) is 13.3 Å². The van der Waals surface area contributed by atoms with Gasteiger partial charge in [0.15, 0.2) is 5.65 Å². The molecule has 1 saturated heterocycles. The van der Waals surface area contributed by atoms with Crippen molar-refractivity contribution in [1.82, 2.24) is 24.4 Å². The van der Waals surface area contributed by atoms with Gasteiger partial charge in [0.2, 0.25) is 0 Å². The molecule has 1 aliphatic heterocycles. The van der Waals surface area contributed by atoms with Gasteiger partial charge in [0.05, 0.1) is 11.7 Å². The first kappa shape index (κ1) is 14.3. The van der Waals surface area contributed by atoms with E-state index < -0.39 is 0 Å². The first-order valence-electron chi connectivity index (χ1n) is 8.36. The van der Waals surface area contributed by atoms with Gasteiger partial charge in [-0.15, -0.1) is 0 Å². The van der Waals surface area contributed by atoms with Crippen LogP contribution < -0.4 is 0 Å². The van der Waals surface area contributed by atoms with E-state index in [0.29, 0.717) is 6.04 Å². The molecule has 23 heavy (non-hydrogen) atoms. The van der Waals surface area contributed by atoms with Crippen molar-refractivity contribution < 1.29 is 0 Å². The third-order valence-corrected chi connectivity index (χ3v) is 4.68. The Bertz CT molecular complexity index is 796. The molecule has 0 saturated carbocycles. The quantitative estimate of drug-likeness (QED) is 0.744. The van der Waals surface area contributed by atoms with E-state index in [-0.39, 0.29) is 0 Å². The maximum Gasteiger partial charge on any atom is 0.164 e. The molecular formula is C18H21N5. The van der Waals surface area contributed by atoms with Crippen LogP contribution in [0.2, 0.25) is 0 Å². The SMILES string of the molecule is CCN1CCCCC1c1nc2cccnc2n1-c1ccncc1. The predicted octanol–water partition coefficient (Wildman–Crippen LogP) is 3.36. The Balaban J connectivity index is 1.92. The number of hydrogen-bond donors (Lipinski definition) is 0. The second kappa shape index (κ2) is 6.08. The van der Waals surface area contributed by atoms with Crippen LogP contribution in [0.4, 0.5) is 0 Å². The molecule has 0 aliphatic carbocycles. The van der Waals surface area contributed by atoms with Crippen molar-refractivity contribution in [3.8, 4) is 5.69 Å². The van der Waals surface area contributed by atoms with Gasteiger partial charge < -0.3 is 0 Å². The zero-order valence-electron chi connectivity index (χ0n) is 13.4. The third kappa shape index (κ3) is 2.51. The highest BCUT2D eigenvalue weighted by Crippen LogP contribution is 2.33. The highest BCUT2D eigenvalue weighted by Gasteiger charge is 2.28. The number of pyridine rings is 2. The molecule has 5 nitrogen and oxygen atoms in total. The summed E-state index contributed by atoms with van der Waals surface area (Å²) in [5.74, 6) is 1.10. The number of nitrogens with zero attached hydrogens (tertiary/aromatic N) is 5. The number of fused-ring (bicyclic) bond motifs is 1. The van der Waals surface area contributed by atoms with E-state index >= 15 is 0 Å². The predicted molar refractivity (Wildman–Crippen MR) is 90.5 cm³/mol. The van der Waals surface area contributed by atoms with Crippen LogP contribution in [0.3, 0.4) is 0 Å². The van der Waals surface area contributed by atoms with E-state index in [1.807, 2.05) is 42.9 Å². The lowest BCUT2D eigenvalue weighted by Gasteiger charge is -2.34. The van der Waals surface area contributed by atoms with E-state index in [1.54, 1.807) is 0 Å². The lowest BCUT2D eigenvalue weighted by Crippen LogP contribution is -2.34. The maximum atomic E-state index is 4.95. The van der Waals surface area contributed by atoms with Crippen LogP contribution in [0.15, 0.2) is 42.9 Å². The molecule has 1 fully saturated rings. The summed E-state index contributed by atoms with van der Waals surface area (Å²) < 4.78 is 2.20. The maximum absolute atomic E-state index is 4.95. The summed E-state index contributed by atoms with van der Waals surface area (Å²) in [5.41, 5.74) is 2.97. The number of aromatic nitrogens is 4. The number of piperidine rings is 1. The lowest BCUT2D eigenvalue weighted by atomic mass is 10.0. The van der Waals surface area contributed by atoms with Crippen molar-refractivity contribution in [3.63, 3.8) is 0 Å². The Morgan fingerprint density at radius 2 is 2.00 bits per heavy atom. The third-order valence-electron chi connectivity index (χ3n) is 4.68. The van der Waals surface area contributed by atoms with Gasteiger partial charge in [0.25, 0.3) is 0 Å². The minimum atomic E-state index is 0.358. The molecule has 1 unspecified atom stereocenters. The van der Waals surface area contributed by atoms with Gasteiger partial charge in [0.1, 0.15) is 11.3 Å². The summed E-state index contributed by atoms with van der Waals surface area (Å²) in [6, 6.07) is 8.41. The molecule has 0 N–H and O–H groups in total. The van der Waals surface area contributed by atoms with Crippen LogP contribution in [0.1, 0.15) is 38.1 Å². The molecule has 0 spiro atoms. The van der Waals surface area contributed by atoms with E-state index in [9.17, 15) is 0 Å². The Morgan fingerprint density at radius 1 is 1.13 bits per heavy atom. The smallest absolute Gasteiger partial charge is 0.164 e. The lowest BCUT2D eigenvalue weighted by molar-refractivity contribution is 0.149. The standard InChI is InChI=1S/C18H21N5/c1-2-22-13-4-3-7-16(22)18-21-15-6-5-10-20-17(15)23(18)14-8-11-19-12-9-14/h5-6,8-12,16H,2-4,7,13H2,1H3. The second-order valence-corrected chi connectivity index (χ2v) is 6.00. The Morgan fingerprint density at radius 3 is 2.83 bits per heavy atom. The highest BCUT2D eigenvalue weighted by molar-refractivity contribution is 5.73. The molecule has 0 bridgehead atoms. The van der Waals surface area contributed by atoms with Gasteiger partial charge in [-0.05, 0) is 50.2 Å². The topological polar surface area (TPSA) is 46.8 Å². The monoisotopic (exact) mass is 307 g/mol. The van der Waals surface area contributed by atoms with Crippen molar-refractivity contribution in [1.29, 1.82) is 0 Å². The fourth-order valence-electron chi connectivity index (χ4n) is 3.56. The number of imidazole rings is 1. The molecule has 4 heterocycles. The highest BCUT2D eigenvalue weighted by atomic mass is 15.2. The van der Waals surface area contributed by atoms with Gasteiger partial charge >= 0.3 is 0 Å². The van der Waals surface area contributed by atoms with Gasteiger partial charge in [-0.25, -0.2) is 9.97 Å². The summed E-state index contributed by atoms with van der Waals surface area (Å²) in [4.78, 5) is 16.2. The molecular weight excluding hydrogens is 286 g/mol. The van der Waals surface area contributed by atoms with Crippen molar-refractivity contribution >= 4 is 11.2 Å². The minimum absolute atomic E-state index is 0.358. The first-order valence-corrected chi connectivity index (χ1v) is 8.36. The number of hydrogen-bond acceptors (Lipinski definition) is 4. The van der Waals surface area contributed by atoms with Crippen molar-refractivity contribution in [3.05, 3.63) is 48.7 Å². The van der Waals surface area contributed by atoms with Gasteiger partial charge in [-0.2, -0.15) is 0 Å². The molecule has 5 heteroatoms. The minimum Gasteiger partial charge on any atom is -0.294 e. The normalized spacial score (nSPS) is 19.3. The van der Waals surface area contributed by atoms with E-state index in [0.717, 1.165) is 42.2 Å². The summed E-state index contributed by atoms with van der Waals surface area (Å²) in [6.07, 6.45) is 9.18. The molecule has 3 aromatic rings. The molecule has 0 aromatic carbocycles. The largest absolute Gasteiger partial charge is 0.294 e. The van der Waals surface area contributed by atoms with Crippen molar-refractivity contribution in [2.45, 2.75) is 32.2 Å². The van der Waals surface area contributed by atoms with Crippen LogP contribution in [-0.2, 0) is 0 Å². The summed E-state index contributed by atoms with van der Waals surface area (Å²) in [7, 11) is 0. The van der Waals surface area contributed by atoms with Crippen LogP contribution in [0.25, 0.3) is 16.9 Å². The molecule has 4 rings (SSSR count).